The average molecular weight is 256 g/mol. The Hall–Kier alpha value is -2.30. The summed E-state index contributed by atoms with van der Waals surface area (Å²) in [4.78, 5) is 14.3. The van der Waals surface area contributed by atoms with Crippen molar-refractivity contribution in [2.45, 2.75) is 13.0 Å². The third-order valence-corrected chi connectivity index (χ3v) is 3.63. The van der Waals surface area contributed by atoms with Crippen LogP contribution in [0.2, 0.25) is 0 Å². The Morgan fingerprint density at radius 2 is 2.21 bits per heavy atom. The maximum Gasteiger partial charge on any atom is 0.272 e. The molecule has 1 aromatic heterocycles. The van der Waals surface area contributed by atoms with Crippen LogP contribution < -0.4 is 5.73 Å². The zero-order chi connectivity index (χ0) is 13.4. The molecule has 0 radical (unpaired) electrons. The van der Waals surface area contributed by atoms with Crippen LogP contribution in [0.4, 0.5) is 5.69 Å². The summed E-state index contributed by atoms with van der Waals surface area (Å²) >= 11 is 0. The summed E-state index contributed by atoms with van der Waals surface area (Å²) in [7, 11) is 1.78. The van der Waals surface area contributed by atoms with Crippen molar-refractivity contribution in [3.8, 4) is 0 Å². The van der Waals surface area contributed by atoms with E-state index < -0.39 is 0 Å². The van der Waals surface area contributed by atoms with Crippen molar-refractivity contribution in [2.24, 2.45) is 7.05 Å². The Kier molecular flexibility index (Phi) is 2.74. The van der Waals surface area contributed by atoms with Crippen molar-refractivity contribution < 1.29 is 4.79 Å². The number of nitrogens with two attached hydrogens (primary N) is 1. The highest BCUT2D eigenvalue weighted by Crippen LogP contribution is 2.24. The third kappa shape index (κ3) is 1.97. The van der Waals surface area contributed by atoms with E-state index in [1.165, 1.54) is 5.56 Å². The van der Waals surface area contributed by atoms with Gasteiger partial charge in [0.1, 0.15) is 5.69 Å². The summed E-state index contributed by atoms with van der Waals surface area (Å²) in [5.41, 5.74) is 9.72. The minimum atomic E-state index is 0.0214. The summed E-state index contributed by atoms with van der Waals surface area (Å²) < 4.78 is 1.61. The molecule has 1 aromatic carbocycles. The molecule has 3 rings (SSSR count). The Balaban J connectivity index is 1.87. The predicted molar refractivity (Wildman–Crippen MR) is 72.5 cm³/mol. The first-order valence-electron chi connectivity index (χ1n) is 6.30. The van der Waals surface area contributed by atoms with Crippen molar-refractivity contribution in [3.05, 3.63) is 47.3 Å². The standard InChI is InChI=1S/C14H16N4O/c1-17-13(5-7-16-17)14(19)18-8-6-11-10(9-18)3-2-4-12(11)15/h2-5,7H,6,8-9,15H2,1H3. The van der Waals surface area contributed by atoms with Gasteiger partial charge in [-0.15, -0.1) is 0 Å². The first-order chi connectivity index (χ1) is 9.16. The van der Waals surface area contributed by atoms with E-state index in [4.69, 9.17) is 5.73 Å². The lowest BCUT2D eigenvalue weighted by atomic mass is 9.98. The lowest BCUT2D eigenvalue weighted by Crippen LogP contribution is -2.37. The second kappa shape index (κ2) is 4.42. The number of carbonyl (C=O) groups excluding carboxylic acids is 1. The molecule has 1 aliphatic rings. The molecule has 0 saturated heterocycles. The highest BCUT2D eigenvalue weighted by Gasteiger charge is 2.24. The molecule has 0 spiro atoms. The molecule has 0 saturated carbocycles. The molecule has 0 bridgehead atoms. The van der Waals surface area contributed by atoms with E-state index in [0.717, 1.165) is 17.7 Å². The summed E-state index contributed by atoms with van der Waals surface area (Å²) in [6, 6.07) is 7.63. The number of hydrogen-bond donors (Lipinski definition) is 1. The van der Waals surface area contributed by atoms with Gasteiger partial charge in [0.05, 0.1) is 0 Å². The topological polar surface area (TPSA) is 64.2 Å². The molecule has 98 valence electrons. The van der Waals surface area contributed by atoms with E-state index in [1.54, 1.807) is 24.0 Å². The first kappa shape index (κ1) is 11.8. The molecule has 0 atom stereocenters. The zero-order valence-electron chi connectivity index (χ0n) is 10.8. The SMILES string of the molecule is Cn1nccc1C(=O)N1CCc2c(N)cccc2C1. The van der Waals surface area contributed by atoms with E-state index >= 15 is 0 Å². The van der Waals surface area contributed by atoms with E-state index in [0.29, 0.717) is 18.8 Å². The van der Waals surface area contributed by atoms with Gasteiger partial charge in [0, 0.05) is 32.0 Å². The molecule has 2 N–H and O–H groups in total. The maximum absolute atomic E-state index is 12.4. The van der Waals surface area contributed by atoms with Crippen LogP contribution in [0.15, 0.2) is 30.5 Å². The number of anilines is 1. The van der Waals surface area contributed by atoms with Gasteiger partial charge in [0.2, 0.25) is 0 Å². The van der Waals surface area contributed by atoms with Crippen LogP contribution in [0.25, 0.3) is 0 Å². The molecule has 1 amide bonds. The fourth-order valence-corrected chi connectivity index (χ4v) is 2.56. The van der Waals surface area contributed by atoms with E-state index in [-0.39, 0.29) is 5.91 Å². The number of nitrogens with zero attached hydrogens (tertiary/aromatic N) is 3. The number of benzene rings is 1. The summed E-state index contributed by atoms with van der Waals surface area (Å²) in [6.07, 6.45) is 2.45. The number of fused-ring (bicyclic) bond motifs is 1. The second-order valence-corrected chi connectivity index (χ2v) is 4.80. The van der Waals surface area contributed by atoms with Gasteiger partial charge in [-0.2, -0.15) is 5.10 Å². The van der Waals surface area contributed by atoms with Crippen LogP contribution in [0.1, 0.15) is 21.6 Å². The normalized spacial score (nSPS) is 14.3. The molecule has 0 aliphatic carbocycles. The van der Waals surface area contributed by atoms with Crippen LogP contribution in [-0.4, -0.2) is 27.1 Å². The molecule has 5 nitrogen and oxygen atoms in total. The number of aryl methyl sites for hydroxylation is 1. The molecule has 0 unspecified atom stereocenters. The van der Waals surface area contributed by atoms with E-state index in [1.807, 2.05) is 23.1 Å². The van der Waals surface area contributed by atoms with Gasteiger partial charge in [-0.1, -0.05) is 12.1 Å². The van der Waals surface area contributed by atoms with Crippen molar-refractivity contribution in [1.29, 1.82) is 0 Å². The fourth-order valence-electron chi connectivity index (χ4n) is 2.56. The quantitative estimate of drug-likeness (QED) is 0.780. The lowest BCUT2D eigenvalue weighted by Gasteiger charge is -2.29. The summed E-state index contributed by atoms with van der Waals surface area (Å²) in [5.74, 6) is 0.0214. The maximum atomic E-state index is 12.4. The first-order valence-corrected chi connectivity index (χ1v) is 6.30. The van der Waals surface area contributed by atoms with Crippen LogP contribution in [0.3, 0.4) is 0 Å². The monoisotopic (exact) mass is 256 g/mol. The van der Waals surface area contributed by atoms with Crippen LogP contribution in [0, 0.1) is 0 Å². The number of aromatic nitrogens is 2. The molecule has 5 heteroatoms. The highest BCUT2D eigenvalue weighted by molar-refractivity contribution is 5.92. The van der Waals surface area contributed by atoms with Crippen LogP contribution in [-0.2, 0) is 20.0 Å². The Bertz CT molecular complexity index is 632. The third-order valence-electron chi connectivity index (χ3n) is 3.63. The van der Waals surface area contributed by atoms with Gasteiger partial charge >= 0.3 is 0 Å². The molecule has 0 fully saturated rings. The summed E-state index contributed by atoms with van der Waals surface area (Å²) in [5, 5.41) is 4.04. The number of rotatable bonds is 1. The molecule has 2 heterocycles. The number of amides is 1. The van der Waals surface area contributed by atoms with Gasteiger partial charge in [-0.05, 0) is 29.7 Å². The molecular formula is C14H16N4O. The van der Waals surface area contributed by atoms with Crippen LogP contribution >= 0.6 is 0 Å². The van der Waals surface area contributed by atoms with Gasteiger partial charge in [-0.25, -0.2) is 0 Å². The Labute approximate surface area is 111 Å². The minimum absolute atomic E-state index is 0.0214. The molecule has 2 aromatic rings. The van der Waals surface area contributed by atoms with Crippen molar-refractivity contribution in [1.82, 2.24) is 14.7 Å². The number of hydrogen-bond acceptors (Lipinski definition) is 3. The number of nitrogen functional groups attached to an aromatic ring is 1. The Morgan fingerprint density at radius 3 is 2.95 bits per heavy atom. The zero-order valence-corrected chi connectivity index (χ0v) is 10.8. The highest BCUT2D eigenvalue weighted by atomic mass is 16.2. The smallest absolute Gasteiger partial charge is 0.272 e. The average Bonchev–Trinajstić information content (AvgIpc) is 2.84. The fraction of sp³-hybridized carbons (Fsp3) is 0.286. The van der Waals surface area contributed by atoms with Gasteiger partial charge in [0.15, 0.2) is 0 Å². The molecule has 19 heavy (non-hydrogen) atoms. The Morgan fingerprint density at radius 1 is 1.37 bits per heavy atom. The van der Waals surface area contributed by atoms with Gasteiger partial charge in [0.25, 0.3) is 5.91 Å². The van der Waals surface area contributed by atoms with Crippen molar-refractivity contribution in [3.63, 3.8) is 0 Å². The molecule has 1 aliphatic heterocycles. The van der Waals surface area contributed by atoms with E-state index in [2.05, 4.69) is 5.10 Å². The minimum Gasteiger partial charge on any atom is -0.398 e. The molecular weight excluding hydrogens is 240 g/mol. The summed E-state index contributed by atoms with van der Waals surface area (Å²) in [6.45, 7) is 1.32. The largest absolute Gasteiger partial charge is 0.398 e. The van der Waals surface area contributed by atoms with Crippen molar-refractivity contribution in [2.75, 3.05) is 12.3 Å². The van der Waals surface area contributed by atoms with Crippen molar-refractivity contribution >= 4 is 11.6 Å². The van der Waals surface area contributed by atoms with Gasteiger partial charge < -0.3 is 10.6 Å². The van der Waals surface area contributed by atoms with Gasteiger partial charge in [-0.3, -0.25) is 9.48 Å². The van der Waals surface area contributed by atoms with E-state index in [9.17, 15) is 4.79 Å². The van der Waals surface area contributed by atoms with Crippen LogP contribution in [0.5, 0.6) is 0 Å². The predicted octanol–water partition coefficient (Wildman–Crippen LogP) is 1.20. The lowest BCUT2D eigenvalue weighted by molar-refractivity contribution is 0.0723. The second-order valence-electron chi connectivity index (χ2n) is 4.80. The number of carbonyl (C=O) groups is 1.